The Balaban J connectivity index is 2.32. The predicted molar refractivity (Wildman–Crippen MR) is 64.8 cm³/mol. The smallest absolute Gasteiger partial charge is 0.302 e. The third kappa shape index (κ3) is 4.39. The first-order chi connectivity index (χ1) is 7.61. The summed E-state index contributed by atoms with van der Waals surface area (Å²) in [6.45, 7) is 2.92. The Morgan fingerprint density at radius 3 is 2.88 bits per heavy atom. The molecular formula is C11H13Cl2NO2. The zero-order valence-corrected chi connectivity index (χ0v) is 10.4. The van der Waals surface area contributed by atoms with E-state index >= 15 is 0 Å². The minimum absolute atomic E-state index is 0.275. The quantitative estimate of drug-likeness (QED) is 0.654. The molecule has 0 heterocycles. The van der Waals surface area contributed by atoms with Gasteiger partial charge in [0.15, 0.2) is 0 Å². The maximum absolute atomic E-state index is 10.5. The molecule has 16 heavy (non-hydrogen) atoms. The van der Waals surface area contributed by atoms with Gasteiger partial charge < -0.3 is 10.1 Å². The second-order valence-corrected chi connectivity index (χ2v) is 4.01. The second-order valence-electron chi connectivity index (χ2n) is 3.23. The fourth-order valence-electron chi connectivity index (χ4n) is 1.17. The Bertz CT molecular complexity index is 369. The van der Waals surface area contributed by atoms with Crippen LogP contribution in [0.1, 0.15) is 12.5 Å². The summed E-state index contributed by atoms with van der Waals surface area (Å²) in [6.07, 6.45) is 0. The number of nitrogens with one attached hydrogen (secondary N) is 1. The normalized spacial score (nSPS) is 10.2. The van der Waals surface area contributed by atoms with E-state index in [0.29, 0.717) is 29.7 Å². The molecule has 1 N–H and O–H groups in total. The highest BCUT2D eigenvalue weighted by molar-refractivity contribution is 6.42. The summed E-state index contributed by atoms with van der Waals surface area (Å²) in [5.41, 5.74) is 0.928. The van der Waals surface area contributed by atoms with Gasteiger partial charge in [0.05, 0.1) is 10.0 Å². The second kappa shape index (κ2) is 6.74. The van der Waals surface area contributed by atoms with Crippen molar-refractivity contribution in [1.82, 2.24) is 5.32 Å². The Hall–Kier alpha value is -0.770. The highest BCUT2D eigenvalue weighted by atomic mass is 35.5. The third-order valence-corrected chi connectivity index (χ3v) is 2.79. The molecule has 0 bridgehead atoms. The van der Waals surface area contributed by atoms with Gasteiger partial charge in [0.1, 0.15) is 6.61 Å². The predicted octanol–water partition coefficient (Wildman–Crippen LogP) is 2.65. The number of ether oxygens (including phenoxy) is 1. The summed E-state index contributed by atoms with van der Waals surface area (Å²) in [6, 6.07) is 5.48. The summed E-state index contributed by atoms with van der Waals surface area (Å²) in [5, 5.41) is 4.21. The van der Waals surface area contributed by atoms with Crippen LogP contribution in [0.4, 0.5) is 0 Å². The van der Waals surface area contributed by atoms with Crippen molar-refractivity contribution in [3.63, 3.8) is 0 Å². The molecule has 0 aromatic heterocycles. The van der Waals surface area contributed by atoms with E-state index in [4.69, 9.17) is 27.9 Å². The van der Waals surface area contributed by atoms with Crippen LogP contribution in [0.2, 0.25) is 10.0 Å². The van der Waals surface area contributed by atoms with E-state index in [1.807, 2.05) is 12.1 Å². The SMILES string of the molecule is CC(=O)OCCNCc1cccc(Cl)c1Cl. The number of rotatable bonds is 5. The molecule has 0 atom stereocenters. The maximum atomic E-state index is 10.5. The standard InChI is InChI=1S/C11H13Cl2NO2/c1-8(15)16-6-5-14-7-9-3-2-4-10(12)11(9)13/h2-4,14H,5-7H2,1H3. The van der Waals surface area contributed by atoms with E-state index in [1.54, 1.807) is 6.07 Å². The summed E-state index contributed by atoms with van der Waals surface area (Å²) in [7, 11) is 0. The highest BCUT2D eigenvalue weighted by Crippen LogP contribution is 2.25. The topological polar surface area (TPSA) is 38.3 Å². The van der Waals surface area contributed by atoms with Crippen LogP contribution in [0.5, 0.6) is 0 Å². The van der Waals surface area contributed by atoms with Gasteiger partial charge in [0, 0.05) is 20.0 Å². The number of hydrogen-bond acceptors (Lipinski definition) is 3. The summed E-state index contributed by atoms with van der Waals surface area (Å²) in [5.74, 6) is -0.275. The van der Waals surface area contributed by atoms with Crippen molar-refractivity contribution in [3.05, 3.63) is 33.8 Å². The number of esters is 1. The zero-order chi connectivity index (χ0) is 12.0. The molecule has 1 aromatic carbocycles. The van der Waals surface area contributed by atoms with Crippen molar-refractivity contribution in [3.8, 4) is 0 Å². The minimum Gasteiger partial charge on any atom is -0.465 e. The first kappa shape index (κ1) is 13.3. The van der Waals surface area contributed by atoms with Crippen molar-refractivity contribution in [1.29, 1.82) is 0 Å². The largest absolute Gasteiger partial charge is 0.465 e. The first-order valence-electron chi connectivity index (χ1n) is 4.88. The molecule has 0 spiro atoms. The van der Waals surface area contributed by atoms with Crippen LogP contribution in [-0.2, 0) is 16.1 Å². The third-order valence-electron chi connectivity index (χ3n) is 1.93. The van der Waals surface area contributed by atoms with E-state index in [2.05, 4.69) is 5.32 Å². The molecule has 0 radical (unpaired) electrons. The van der Waals surface area contributed by atoms with Crippen LogP contribution in [0.3, 0.4) is 0 Å². The summed E-state index contributed by atoms with van der Waals surface area (Å²) < 4.78 is 4.77. The number of halogens is 2. The molecule has 1 rings (SSSR count). The van der Waals surface area contributed by atoms with Crippen molar-refractivity contribution >= 4 is 29.2 Å². The molecule has 3 nitrogen and oxygen atoms in total. The average molecular weight is 262 g/mol. The molecule has 1 aromatic rings. The lowest BCUT2D eigenvalue weighted by atomic mass is 10.2. The van der Waals surface area contributed by atoms with E-state index in [1.165, 1.54) is 6.92 Å². The number of hydrogen-bond donors (Lipinski definition) is 1. The van der Waals surface area contributed by atoms with Crippen molar-refractivity contribution < 1.29 is 9.53 Å². The van der Waals surface area contributed by atoms with Gasteiger partial charge in [-0.05, 0) is 11.6 Å². The van der Waals surface area contributed by atoms with E-state index in [9.17, 15) is 4.79 Å². The molecule has 0 aliphatic carbocycles. The average Bonchev–Trinajstić information content (AvgIpc) is 2.23. The fraction of sp³-hybridized carbons (Fsp3) is 0.364. The van der Waals surface area contributed by atoms with Crippen molar-refractivity contribution in [2.45, 2.75) is 13.5 Å². The molecule has 0 saturated carbocycles. The van der Waals surface area contributed by atoms with Crippen LogP contribution in [0.15, 0.2) is 18.2 Å². The Kier molecular flexibility index (Phi) is 5.60. The van der Waals surface area contributed by atoms with Crippen LogP contribution in [0, 0.1) is 0 Å². The van der Waals surface area contributed by atoms with Gasteiger partial charge in [-0.3, -0.25) is 4.79 Å². The van der Waals surface area contributed by atoms with Crippen LogP contribution in [0.25, 0.3) is 0 Å². The van der Waals surface area contributed by atoms with E-state index in [0.717, 1.165) is 5.56 Å². The summed E-state index contributed by atoms with van der Waals surface area (Å²) in [4.78, 5) is 10.5. The monoisotopic (exact) mass is 261 g/mol. The van der Waals surface area contributed by atoms with E-state index < -0.39 is 0 Å². The Morgan fingerprint density at radius 1 is 1.44 bits per heavy atom. The zero-order valence-electron chi connectivity index (χ0n) is 8.93. The molecule has 88 valence electrons. The highest BCUT2D eigenvalue weighted by Gasteiger charge is 2.03. The van der Waals surface area contributed by atoms with Crippen LogP contribution < -0.4 is 5.32 Å². The molecule has 0 unspecified atom stereocenters. The molecule has 0 aliphatic rings. The maximum Gasteiger partial charge on any atom is 0.302 e. The molecule has 0 saturated heterocycles. The van der Waals surface area contributed by atoms with Crippen molar-refractivity contribution in [2.24, 2.45) is 0 Å². The lowest BCUT2D eigenvalue weighted by Crippen LogP contribution is -2.20. The number of carbonyl (C=O) groups excluding carboxylic acids is 1. The summed E-state index contributed by atoms with van der Waals surface area (Å²) >= 11 is 11.9. The molecular weight excluding hydrogens is 249 g/mol. The molecule has 0 aliphatic heterocycles. The van der Waals surface area contributed by atoms with Gasteiger partial charge in [-0.25, -0.2) is 0 Å². The van der Waals surface area contributed by atoms with Gasteiger partial charge in [0.2, 0.25) is 0 Å². The first-order valence-corrected chi connectivity index (χ1v) is 5.64. The minimum atomic E-state index is -0.275. The molecule has 0 fully saturated rings. The Morgan fingerprint density at radius 2 is 2.19 bits per heavy atom. The van der Waals surface area contributed by atoms with Crippen LogP contribution >= 0.6 is 23.2 Å². The molecule has 5 heteroatoms. The Labute approximate surface area is 105 Å². The van der Waals surface area contributed by atoms with Gasteiger partial charge >= 0.3 is 5.97 Å². The van der Waals surface area contributed by atoms with Crippen LogP contribution in [-0.4, -0.2) is 19.1 Å². The lowest BCUT2D eigenvalue weighted by molar-refractivity contribution is -0.140. The number of benzene rings is 1. The van der Waals surface area contributed by atoms with Gasteiger partial charge in [0.25, 0.3) is 0 Å². The van der Waals surface area contributed by atoms with Gasteiger partial charge in [-0.1, -0.05) is 35.3 Å². The fourth-order valence-corrected chi connectivity index (χ4v) is 1.56. The molecule has 0 amide bonds. The number of carbonyl (C=O) groups is 1. The van der Waals surface area contributed by atoms with Crippen molar-refractivity contribution in [2.75, 3.05) is 13.2 Å². The van der Waals surface area contributed by atoms with Gasteiger partial charge in [-0.2, -0.15) is 0 Å². The van der Waals surface area contributed by atoms with Gasteiger partial charge in [-0.15, -0.1) is 0 Å². The van der Waals surface area contributed by atoms with E-state index in [-0.39, 0.29) is 5.97 Å². The lowest BCUT2D eigenvalue weighted by Gasteiger charge is -2.07.